The van der Waals surface area contributed by atoms with Crippen LogP contribution in [0.15, 0.2) is 42.5 Å². The molecule has 1 unspecified atom stereocenters. The lowest BCUT2D eigenvalue weighted by atomic mass is 9.87. The number of ether oxygens (including phenoxy) is 2. The van der Waals surface area contributed by atoms with Gasteiger partial charge in [-0.2, -0.15) is 0 Å². The van der Waals surface area contributed by atoms with Crippen LogP contribution in [-0.2, 0) is 33.1 Å². The van der Waals surface area contributed by atoms with Gasteiger partial charge in [-0.15, -0.1) is 0 Å². The quantitative estimate of drug-likeness (QED) is 0.745. The highest BCUT2D eigenvalue weighted by atomic mass is 16.7. The van der Waals surface area contributed by atoms with Gasteiger partial charge in [0.15, 0.2) is 5.78 Å². The standard InChI is InChI=1S/C21H22O6/c1-12-2-4-13(5-3-12)8-14-6-7-15-11-26-21(16(15)9-14)20(25)19(24)18(23)17(10-22)27-21/h2-7,9,17,19-20,22,24-25H,8,10-11H2,1H3/t17-,19+,20?,21+/m1/s1. The van der Waals surface area contributed by atoms with E-state index in [9.17, 15) is 20.1 Å². The number of aryl methyl sites for hydroxylation is 1. The fourth-order valence-electron chi connectivity index (χ4n) is 3.75. The summed E-state index contributed by atoms with van der Waals surface area (Å²) in [4.78, 5) is 12.0. The van der Waals surface area contributed by atoms with Crippen molar-refractivity contribution < 1.29 is 29.6 Å². The second-order valence-electron chi connectivity index (χ2n) is 7.19. The molecule has 3 N–H and O–H groups in total. The minimum atomic E-state index is -1.68. The Morgan fingerprint density at radius 2 is 1.81 bits per heavy atom. The normalized spacial score (nSPS) is 29.9. The van der Waals surface area contributed by atoms with E-state index in [1.54, 1.807) is 0 Å². The molecule has 27 heavy (non-hydrogen) atoms. The Balaban J connectivity index is 1.70. The third-order valence-electron chi connectivity index (χ3n) is 5.30. The lowest BCUT2D eigenvalue weighted by Gasteiger charge is -2.42. The number of hydrogen-bond acceptors (Lipinski definition) is 6. The third kappa shape index (κ3) is 2.99. The molecular weight excluding hydrogens is 348 g/mol. The fourth-order valence-corrected chi connectivity index (χ4v) is 3.75. The number of aliphatic hydroxyl groups is 3. The van der Waals surface area contributed by atoms with Crippen LogP contribution in [-0.4, -0.2) is 46.0 Å². The zero-order valence-corrected chi connectivity index (χ0v) is 15.0. The second-order valence-corrected chi connectivity index (χ2v) is 7.19. The molecule has 1 fully saturated rings. The zero-order valence-electron chi connectivity index (χ0n) is 15.0. The molecule has 142 valence electrons. The number of fused-ring (bicyclic) bond motifs is 2. The van der Waals surface area contributed by atoms with Gasteiger partial charge in [-0.1, -0.05) is 42.0 Å². The molecule has 2 aromatic rings. The summed E-state index contributed by atoms with van der Waals surface area (Å²) in [6, 6.07) is 14.0. The average Bonchev–Trinajstić information content (AvgIpc) is 3.04. The van der Waals surface area contributed by atoms with Gasteiger partial charge in [0, 0.05) is 5.56 Å². The van der Waals surface area contributed by atoms with Gasteiger partial charge in [-0.05, 0) is 36.1 Å². The first-order chi connectivity index (χ1) is 12.9. The van der Waals surface area contributed by atoms with Crippen molar-refractivity contribution in [3.63, 3.8) is 0 Å². The zero-order chi connectivity index (χ0) is 19.2. The summed E-state index contributed by atoms with van der Waals surface area (Å²) in [5, 5.41) is 30.2. The van der Waals surface area contributed by atoms with E-state index in [2.05, 4.69) is 24.3 Å². The molecule has 6 nitrogen and oxygen atoms in total. The van der Waals surface area contributed by atoms with E-state index in [0.29, 0.717) is 12.0 Å². The Bertz CT molecular complexity index is 857. The summed E-state index contributed by atoms with van der Waals surface area (Å²) in [7, 11) is 0. The Hall–Kier alpha value is -2.09. The number of carbonyl (C=O) groups excluding carboxylic acids is 1. The highest BCUT2D eigenvalue weighted by Gasteiger charge is 2.58. The van der Waals surface area contributed by atoms with Gasteiger partial charge in [0.1, 0.15) is 18.3 Å². The van der Waals surface area contributed by atoms with Crippen LogP contribution < -0.4 is 0 Å². The van der Waals surface area contributed by atoms with Crippen LogP contribution in [0.2, 0.25) is 0 Å². The minimum Gasteiger partial charge on any atom is -0.393 e. The van der Waals surface area contributed by atoms with Crippen molar-refractivity contribution in [2.24, 2.45) is 0 Å². The number of Topliss-reactive ketones (excluding diaryl/α,β-unsaturated/α-hetero) is 1. The van der Waals surface area contributed by atoms with E-state index < -0.39 is 36.5 Å². The molecule has 2 aromatic carbocycles. The SMILES string of the molecule is Cc1ccc(Cc2ccc3c(c2)[C@]2(OC3)O[C@H](CO)C(=O)[C@H](O)C2O)cc1. The van der Waals surface area contributed by atoms with Crippen LogP contribution in [0.3, 0.4) is 0 Å². The van der Waals surface area contributed by atoms with Gasteiger partial charge < -0.3 is 24.8 Å². The Labute approximate surface area is 157 Å². The molecule has 0 aliphatic carbocycles. The van der Waals surface area contributed by atoms with Gasteiger partial charge in [0.25, 0.3) is 0 Å². The van der Waals surface area contributed by atoms with Crippen molar-refractivity contribution in [3.8, 4) is 0 Å². The van der Waals surface area contributed by atoms with Crippen molar-refractivity contribution in [1.29, 1.82) is 0 Å². The molecule has 2 heterocycles. The second kappa shape index (κ2) is 6.82. The molecule has 0 aromatic heterocycles. The summed E-state index contributed by atoms with van der Waals surface area (Å²) in [5.74, 6) is -2.40. The Morgan fingerprint density at radius 1 is 1.11 bits per heavy atom. The number of benzene rings is 2. The molecule has 0 bridgehead atoms. The van der Waals surface area contributed by atoms with E-state index in [4.69, 9.17) is 9.47 Å². The number of carbonyl (C=O) groups is 1. The van der Waals surface area contributed by atoms with Crippen molar-refractivity contribution >= 4 is 5.78 Å². The van der Waals surface area contributed by atoms with E-state index in [0.717, 1.165) is 16.7 Å². The predicted octanol–water partition coefficient (Wildman–Crippen LogP) is 0.951. The average molecular weight is 370 g/mol. The Morgan fingerprint density at radius 3 is 2.52 bits per heavy atom. The van der Waals surface area contributed by atoms with E-state index in [1.807, 2.05) is 25.1 Å². The van der Waals surface area contributed by atoms with Crippen LogP contribution in [0.1, 0.15) is 27.8 Å². The first-order valence-electron chi connectivity index (χ1n) is 8.95. The molecule has 2 aliphatic heterocycles. The third-order valence-corrected chi connectivity index (χ3v) is 5.30. The van der Waals surface area contributed by atoms with E-state index in [-0.39, 0.29) is 6.61 Å². The number of aliphatic hydroxyl groups excluding tert-OH is 3. The smallest absolute Gasteiger partial charge is 0.226 e. The van der Waals surface area contributed by atoms with Crippen LogP contribution in [0.4, 0.5) is 0 Å². The lowest BCUT2D eigenvalue weighted by Crippen LogP contribution is -2.61. The van der Waals surface area contributed by atoms with Gasteiger partial charge in [-0.25, -0.2) is 0 Å². The van der Waals surface area contributed by atoms with Gasteiger partial charge in [-0.3, -0.25) is 4.79 Å². The van der Waals surface area contributed by atoms with E-state index >= 15 is 0 Å². The van der Waals surface area contributed by atoms with Gasteiger partial charge >= 0.3 is 0 Å². The van der Waals surface area contributed by atoms with Crippen molar-refractivity contribution in [2.75, 3.05) is 6.61 Å². The molecule has 0 radical (unpaired) electrons. The number of rotatable bonds is 3. The first kappa shape index (κ1) is 18.3. The predicted molar refractivity (Wildman–Crippen MR) is 95.9 cm³/mol. The topological polar surface area (TPSA) is 96.2 Å². The maximum atomic E-state index is 12.0. The summed E-state index contributed by atoms with van der Waals surface area (Å²) in [6.45, 7) is 1.63. The molecule has 4 atom stereocenters. The highest BCUT2D eigenvalue weighted by Crippen LogP contribution is 2.45. The fraction of sp³-hybridized carbons (Fsp3) is 0.381. The minimum absolute atomic E-state index is 0.191. The number of hydrogen-bond donors (Lipinski definition) is 3. The number of ketones is 1. The molecular formula is C21H22O6. The molecule has 6 heteroatoms. The molecule has 0 saturated carbocycles. The maximum Gasteiger partial charge on any atom is 0.226 e. The monoisotopic (exact) mass is 370 g/mol. The van der Waals surface area contributed by atoms with Crippen molar-refractivity contribution in [3.05, 3.63) is 70.3 Å². The van der Waals surface area contributed by atoms with Crippen LogP contribution in [0.25, 0.3) is 0 Å². The largest absolute Gasteiger partial charge is 0.393 e. The van der Waals surface area contributed by atoms with Crippen LogP contribution in [0.5, 0.6) is 0 Å². The summed E-state index contributed by atoms with van der Waals surface area (Å²) < 4.78 is 11.4. The highest BCUT2D eigenvalue weighted by molar-refractivity contribution is 5.89. The first-order valence-corrected chi connectivity index (χ1v) is 8.95. The van der Waals surface area contributed by atoms with Gasteiger partial charge in [0.05, 0.1) is 13.2 Å². The summed E-state index contributed by atoms with van der Waals surface area (Å²) >= 11 is 0. The molecule has 2 aliphatic rings. The summed E-state index contributed by atoms with van der Waals surface area (Å²) in [5.41, 5.74) is 4.73. The van der Waals surface area contributed by atoms with E-state index in [1.165, 1.54) is 5.56 Å². The molecule has 1 spiro atoms. The van der Waals surface area contributed by atoms with Crippen LogP contribution >= 0.6 is 0 Å². The molecule has 4 rings (SSSR count). The molecule has 0 amide bonds. The summed E-state index contributed by atoms with van der Waals surface area (Å²) in [6.07, 6.45) is -3.80. The Kier molecular flexibility index (Phi) is 4.61. The van der Waals surface area contributed by atoms with Crippen molar-refractivity contribution in [2.45, 2.75) is 44.1 Å². The lowest BCUT2D eigenvalue weighted by molar-refractivity contribution is -0.330. The van der Waals surface area contributed by atoms with Crippen LogP contribution in [0, 0.1) is 6.92 Å². The maximum absolute atomic E-state index is 12.0. The van der Waals surface area contributed by atoms with Gasteiger partial charge in [0.2, 0.25) is 5.79 Å². The molecule has 1 saturated heterocycles. The van der Waals surface area contributed by atoms with Crippen molar-refractivity contribution in [1.82, 2.24) is 0 Å².